The lowest BCUT2D eigenvalue weighted by Crippen LogP contribution is -2.52. The van der Waals surface area contributed by atoms with Crippen molar-refractivity contribution in [3.05, 3.63) is 35.4 Å². The van der Waals surface area contributed by atoms with Crippen LogP contribution in [0.15, 0.2) is 24.3 Å². The molecule has 1 aromatic carbocycles. The van der Waals surface area contributed by atoms with Crippen molar-refractivity contribution in [3.8, 4) is 11.5 Å². The van der Waals surface area contributed by atoms with Crippen LogP contribution in [0.4, 0.5) is 0 Å². The van der Waals surface area contributed by atoms with Gasteiger partial charge in [-0.25, -0.2) is 0 Å². The van der Waals surface area contributed by atoms with Crippen LogP contribution in [0, 0.1) is 0 Å². The van der Waals surface area contributed by atoms with Gasteiger partial charge in [0.15, 0.2) is 11.5 Å². The maximum atomic E-state index is 11.3. The van der Waals surface area contributed by atoms with Crippen LogP contribution in [0.2, 0.25) is 0 Å². The molecule has 5 atom stereocenters. The van der Waals surface area contributed by atoms with Crippen molar-refractivity contribution >= 4 is 5.97 Å². The number of aliphatic hydroxyl groups excluding tert-OH is 1. The number of nitrogens with zero attached hydrogens (tertiary/aromatic N) is 1. The molecule has 6 heteroatoms. The summed E-state index contributed by atoms with van der Waals surface area (Å²) >= 11 is 0. The van der Waals surface area contributed by atoms with Crippen LogP contribution in [0.3, 0.4) is 0 Å². The zero-order chi connectivity index (χ0) is 16.5. The first-order valence-corrected chi connectivity index (χ1v) is 8.29. The second-order valence-corrected chi connectivity index (χ2v) is 7.00. The van der Waals surface area contributed by atoms with E-state index in [4.69, 9.17) is 14.2 Å². The van der Waals surface area contributed by atoms with E-state index in [2.05, 4.69) is 4.90 Å². The quantitative estimate of drug-likeness (QED) is 0.615. The first-order valence-electron chi connectivity index (χ1n) is 8.29. The number of benzene rings is 1. The van der Waals surface area contributed by atoms with Crippen molar-refractivity contribution in [1.82, 2.24) is 4.90 Å². The molecule has 0 aromatic heterocycles. The molecule has 3 heterocycles. The largest absolute Gasteiger partial charge is 0.458 e. The zero-order valence-electron chi connectivity index (χ0n) is 13.4. The summed E-state index contributed by atoms with van der Waals surface area (Å²) in [5, 5.41) is 10.9. The molecular formula is C18H19NO5. The van der Waals surface area contributed by atoms with Gasteiger partial charge in [0.2, 0.25) is 6.79 Å². The third-order valence-electron chi connectivity index (χ3n) is 5.75. The van der Waals surface area contributed by atoms with E-state index in [1.54, 1.807) is 0 Å². The minimum absolute atomic E-state index is 0.120. The predicted octanol–water partition coefficient (Wildman–Crippen LogP) is 1.10. The Balaban J connectivity index is 1.63. The van der Waals surface area contributed by atoms with Gasteiger partial charge in [0.05, 0.1) is 11.5 Å². The number of hydrogen-bond donors (Lipinski definition) is 1. The van der Waals surface area contributed by atoms with Gasteiger partial charge in [-0.05, 0) is 29.3 Å². The minimum Gasteiger partial charge on any atom is -0.458 e. The highest BCUT2D eigenvalue weighted by Gasteiger charge is 2.58. The molecule has 1 N–H and O–H groups in total. The highest BCUT2D eigenvalue weighted by Crippen LogP contribution is 2.53. The molecule has 5 rings (SSSR count). The van der Waals surface area contributed by atoms with Crippen LogP contribution in [0.5, 0.6) is 11.5 Å². The Labute approximate surface area is 139 Å². The van der Waals surface area contributed by atoms with E-state index in [1.807, 2.05) is 24.3 Å². The van der Waals surface area contributed by atoms with Gasteiger partial charge in [-0.2, -0.15) is 0 Å². The van der Waals surface area contributed by atoms with Gasteiger partial charge in [-0.15, -0.1) is 0 Å². The molecule has 6 nitrogen and oxygen atoms in total. The second kappa shape index (κ2) is 4.74. The summed E-state index contributed by atoms with van der Waals surface area (Å²) in [5.74, 6) is 1.24. The van der Waals surface area contributed by atoms with Crippen molar-refractivity contribution in [1.29, 1.82) is 0 Å². The van der Waals surface area contributed by atoms with Crippen LogP contribution < -0.4 is 9.47 Å². The minimum atomic E-state index is -0.487. The number of rotatable bonds is 1. The summed E-state index contributed by atoms with van der Waals surface area (Å²) in [6.45, 7) is 3.04. The standard InChI is InChI=1S/C18H19NO5/c1-10(20)24-12-2-3-18-13-6-15-14(22-9-23-15)4-11(13)7-19(8-17(18)21)16(18)5-12/h2-4,6,12,16-17,21H,5,7-9H2,1H3/t12-,16-,17-,18+/m0/s1. The normalized spacial score (nSPS) is 37.8. The van der Waals surface area contributed by atoms with Gasteiger partial charge < -0.3 is 19.3 Å². The SMILES string of the molecule is CC(=O)O[C@H]1C=C[C@]23c4cc5c(cc4CN(C[C@@H]2O)[C@H]3C1)OCO5. The van der Waals surface area contributed by atoms with E-state index in [0.29, 0.717) is 13.0 Å². The fourth-order valence-electron chi connectivity index (χ4n) is 4.82. The number of fused-ring (bicyclic) bond motifs is 2. The molecule has 1 saturated heterocycles. The van der Waals surface area contributed by atoms with Crippen LogP contribution in [-0.4, -0.2) is 47.6 Å². The van der Waals surface area contributed by atoms with Gasteiger partial charge >= 0.3 is 5.97 Å². The van der Waals surface area contributed by atoms with Crippen LogP contribution >= 0.6 is 0 Å². The van der Waals surface area contributed by atoms with Crippen molar-refractivity contribution in [2.24, 2.45) is 0 Å². The molecule has 4 aliphatic rings. The second-order valence-electron chi connectivity index (χ2n) is 7.00. The maximum absolute atomic E-state index is 11.3. The first-order chi connectivity index (χ1) is 11.6. The summed E-state index contributed by atoms with van der Waals surface area (Å²) in [6.07, 6.45) is 3.94. The van der Waals surface area contributed by atoms with Crippen LogP contribution in [0.25, 0.3) is 0 Å². The molecule has 1 unspecified atom stereocenters. The van der Waals surface area contributed by atoms with E-state index in [-0.39, 0.29) is 24.9 Å². The number of esters is 1. The third kappa shape index (κ3) is 1.75. The molecule has 24 heavy (non-hydrogen) atoms. The Morgan fingerprint density at radius 2 is 2.17 bits per heavy atom. The Morgan fingerprint density at radius 1 is 1.38 bits per heavy atom. The lowest BCUT2D eigenvalue weighted by Gasteiger charge is -2.46. The fourth-order valence-corrected chi connectivity index (χ4v) is 4.82. The molecule has 1 fully saturated rings. The van der Waals surface area contributed by atoms with Crippen molar-refractivity contribution in [2.45, 2.75) is 43.6 Å². The third-order valence-corrected chi connectivity index (χ3v) is 5.75. The van der Waals surface area contributed by atoms with Crippen molar-refractivity contribution in [3.63, 3.8) is 0 Å². The van der Waals surface area contributed by atoms with Crippen LogP contribution in [-0.2, 0) is 21.5 Å². The molecule has 0 spiro atoms. The van der Waals surface area contributed by atoms with Gasteiger partial charge in [0, 0.05) is 32.5 Å². The molecule has 0 radical (unpaired) electrons. The molecule has 126 valence electrons. The smallest absolute Gasteiger partial charge is 0.303 e. The summed E-state index contributed by atoms with van der Waals surface area (Å²) in [6, 6.07) is 4.18. The summed E-state index contributed by atoms with van der Waals surface area (Å²) in [4.78, 5) is 13.6. The fraction of sp³-hybridized carbons (Fsp3) is 0.500. The molecule has 2 bridgehead atoms. The van der Waals surface area contributed by atoms with Gasteiger partial charge in [-0.3, -0.25) is 9.69 Å². The summed E-state index contributed by atoms with van der Waals surface area (Å²) in [5.41, 5.74) is 1.81. The molecule has 0 saturated carbocycles. The number of hydrogen-bond acceptors (Lipinski definition) is 6. The Hall–Kier alpha value is -2.05. The average molecular weight is 329 g/mol. The number of aliphatic hydroxyl groups is 1. The molecule has 1 aliphatic carbocycles. The molecule has 3 aliphatic heterocycles. The zero-order valence-corrected chi connectivity index (χ0v) is 13.4. The monoisotopic (exact) mass is 329 g/mol. The van der Waals surface area contributed by atoms with E-state index in [1.165, 1.54) is 12.5 Å². The summed E-state index contributed by atoms with van der Waals surface area (Å²) < 4.78 is 16.4. The van der Waals surface area contributed by atoms with E-state index in [9.17, 15) is 9.90 Å². The van der Waals surface area contributed by atoms with E-state index < -0.39 is 11.5 Å². The van der Waals surface area contributed by atoms with Gasteiger partial charge in [0.1, 0.15) is 6.10 Å². The molecule has 0 amide bonds. The Morgan fingerprint density at radius 3 is 2.96 bits per heavy atom. The molecular weight excluding hydrogens is 310 g/mol. The van der Waals surface area contributed by atoms with Gasteiger partial charge in [0.25, 0.3) is 0 Å². The highest BCUT2D eigenvalue weighted by atomic mass is 16.7. The number of carbonyl (C=O) groups is 1. The maximum Gasteiger partial charge on any atom is 0.303 e. The molecule has 1 aromatic rings. The Bertz CT molecular complexity index is 760. The number of carbonyl (C=O) groups excluding carboxylic acids is 1. The van der Waals surface area contributed by atoms with E-state index in [0.717, 1.165) is 23.6 Å². The Kier molecular flexibility index (Phi) is 2.82. The van der Waals surface area contributed by atoms with Crippen molar-refractivity contribution < 1.29 is 24.1 Å². The number of ether oxygens (including phenoxy) is 3. The van der Waals surface area contributed by atoms with Crippen LogP contribution in [0.1, 0.15) is 24.5 Å². The lowest BCUT2D eigenvalue weighted by atomic mass is 9.65. The predicted molar refractivity (Wildman–Crippen MR) is 83.8 cm³/mol. The van der Waals surface area contributed by atoms with E-state index >= 15 is 0 Å². The van der Waals surface area contributed by atoms with Crippen molar-refractivity contribution in [2.75, 3.05) is 13.3 Å². The van der Waals surface area contributed by atoms with Gasteiger partial charge in [-0.1, -0.05) is 6.08 Å². The summed E-state index contributed by atoms with van der Waals surface area (Å²) in [7, 11) is 0. The average Bonchev–Trinajstić information content (AvgIpc) is 3.06. The first kappa shape index (κ1) is 14.3. The lowest BCUT2D eigenvalue weighted by molar-refractivity contribution is -0.145. The highest BCUT2D eigenvalue weighted by molar-refractivity contribution is 5.66. The topological polar surface area (TPSA) is 68.2 Å².